The summed E-state index contributed by atoms with van der Waals surface area (Å²) in [6, 6.07) is 7.03. The fourth-order valence-corrected chi connectivity index (χ4v) is 6.88. The van der Waals surface area contributed by atoms with Crippen LogP contribution < -0.4 is 10.1 Å². The normalized spacial score (nSPS) is 21.7. The van der Waals surface area contributed by atoms with Gasteiger partial charge < -0.3 is 24.6 Å². The van der Waals surface area contributed by atoms with Crippen LogP contribution in [0.25, 0.3) is 0 Å². The number of ether oxygens (including phenoxy) is 2. The fraction of sp³-hybridized carbons (Fsp3) is 0.571. The number of nitrogens with zero attached hydrogens (tertiary/aromatic N) is 3. The number of thiazole rings is 1. The molecule has 2 bridgehead atoms. The molecule has 3 amide bonds. The second-order valence-corrected chi connectivity index (χ2v) is 12.4. The van der Waals surface area contributed by atoms with Gasteiger partial charge in [-0.15, -0.1) is 11.3 Å². The number of hydrogen-bond acceptors (Lipinski definition) is 7. The first-order valence-corrected chi connectivity index (χ1v) is 13.8. The zero-order valence-electron chi connectivity index (χ0n) is 22.9. The summed E-state index contributed by atoms with van der Waals surface area (Å²) in [6.45, 7) is 8.09. The van der Waals surface area contributed by atoms with E-state index in [0.717, 1.165) is 25.8 Å². The number of carbonyl (C=O) groups is 3. The monoisotopic (exact) mass is 542 g/mol. The molecule has 1 saturated heterocycles. The summed E-state index contributed by atoms with van der Waals surface area (Å²) in [5.41, 5.74) is 1.53. The van der Waals surface area contributed by atoms with E-state index in [-0.39, 0.29) is 54.1 Å². The molecular weight excluding hydrogens is 504 g/mol. The largest absolute Gasteiger partial charge is 0.497 e. The Morgan fingerprint density at radius 2 is 1.89 bits per heavy atom. The number of likely N-dealkylation sites (tertiary alicyclic amines) is 1. The number of carbonyl (C=O) groups excluding carboxylic acids is 3. The van der Waals surface area contributed by atoms with E-state index in [1.807, 2.05) is 10.3 Å². The number of aromatic nitrogens is 1. The minimum atomic E-state index is -0.362. The topological polar surface area (TPSA) is 101 Å². The molecule has 4 rings (SSSR count). The maximum absolute atomic E-state index is 13.2. The molecule has 206 valence electrons. The maximum Gasteiger partial charge on any atom is 0.254 e. The summed E-state index contributed by atoms with van der Waals surface area (Å²) in [6.07, 6.45) is 3.45. The van der Waals surface area contributed by atoms with Crippen LogP contribution in [0.1, 0.15) is 56.1 Å². The van der Waals surface area contributed by atoms with Gasteiger partial charge in [0.25, 0.3) is 5.91 Å². The quantitative estimate of drug-likeness (QED) is 0.490. The first kappa shape index (κ1) is 28.0. The minimum absolute atomic E-state index is 0.0930. The van der Waals surface area contributed by atoms with Gasteiger partial charge in [-0.1, -0.05) is 20.8 Å². The molecule has 2 aromatic rings. The summed E-state index contributed by atoms with van der Waals surface area (Å²) < 4.78 is 10.3. The molecule has 2 fully saturated rings. The lowest BCUT2D eigenvalue weighted by Gasteiger charge is -2.39. The summed E-state index contributed by atoms with van der Waals surface area (Å²) >= 11 is 1.28. The molecule has 38 heavy (non-hydrogen) atoms. The van der Waals surface area contributed by atoms with Gasteiger partial charge in [0.1, 0.15) is 12.3 Å². The fourth-order valence-electron chi connectivity index (χ4n) is 6.16. The number of methoxy groups -OCH3 is 2. The standard InChI is InChI=1S/C28H38N4O5S/c1-27(2)13-21-14-28(3,17-27)18-32(21)24(34)12-20-16-38-26(29-20)30-23(33)15-31(10-11-36-4)25(35)19-6-8-22(37-5)9-7-19/h6-9,16,21H,10-15,17-18H2,1-5H3,(H,29,30,33). The van der Waals surface area contributed by atoms with Crippen LogP contribution in [0.15, 0.2) is 29.6 Å². The predicted octanol–water partition coefficient (Wildman–Crippen LogP) is 3.85. The molecule has 10 heteroatoms. The molecule has 2 atom stereocenters. The molecule has 2 aliphatic rings. The van der Waals surface area contributed by atoms with Gasteiger partial charge >= 0.3 is 0 Å². The van der Waals surface area contributed by atoms with E-state index in [2.05, 4.69) is 31.1 Å². The first-order chi connectivity index (χ1) is 18.0. The van der Waals surface area contributed by atoms with Crippen LogP contribution in [0.4, 0.5) is 5.13 Å². The average molecular weight is 543 g/mol. The first-order valence-electron chi connectivity index (χ1n) is 13.0. The predicted molar refractivity (Wildman–Crippen MR) is 146 cm³/mol. The smallest absolute Gasteiger partial charge is 0.254 e. The van der Waals surface area contributed by atoms with Crippen LogP contribution in [-0.4, -0.2) is 79.0 Å². The third-order valence-corrected chi connectivity index (χ3v) is 8.20. The molecule has 2 unspecified atom stereocenters. The SMILES string of the molecule is COCCN(CC(=O)Nc1nc(CC(=O)N2CC3(C)CC2CC(C)(C)C3)cs1)C(=O)c1ccc(OC)cc1. The van der Waals surface area contributed by atoms with Crippen LogP contribution in [0.5, 0.6) is 5.75 Å². The number of nitrogens with one attached hydrogen (secondary N) is 1. The van der Waals surface area contributed by atoms with Crippen molar-refractivity contribution in [2.75, 3.05) is 45.8 Å². The Bertz CT molecular complexity index is 1160. The highest BCUT2D eigenvalue weighted by Gasteiger charge is 2.50. The molecule has 1 aromatic heterocycles. The lowest BCUT2D eigenvalue weighted by Crippen LogP contribution is -2.40. The van der Waals surface area contributed by atoms with Crippen molar-refractivity contribution < 1.29 is 23.9 Å². The van der Waals surface area contributed by atoms with E-state index in [1.165, 1.54) is 16.2 Å². The Hall–Kier alpha value is -2.98. The number of fused-ring (bicyclic) bond motifs is 2. The van der Waals surface area contributed by atoms with E-state index >= 15 is 0 Å². The van der Waals surface area contributed by atoms with Crippen LogP contribution in [0.3, 0.4) is 0 Å². The molecule has 1 aliphatic heterocycles. The number of benzene rings is 1. The highest BCUT2D eigenvalue weighted by atomic mass is 32.1. The third-order valence-electron chi connectivity index (χ3n) is 7.39. The molecular formula is C28H38N4O5S. The van der Waals surface area contributed by atoms with Crippen LogP contribution in [-0.2, 0) is 20.7 Å². The molecule has 1 aliphatic carbocycles. The van der Waals surface area contributed by atoms with E-state index in [9.17, 15) is 14.4 Å². The Kier molecular flexibility index (Phi) is 8.42. The second-order valence-electron chi connectivity index (χ2n) is 11.6. The average Bonchev–Trinajstić information content (AvgIpc) is 3.40. The van der Waals surface area contributed by atoms with Crippen molar-refractivity contribution >= 4 is 34.2 Å². The Labute approximate surface area is 228 Å². The summed E-state index contributed by atoms with van der Waals surface area (Å²) in [4.78, 5) is 47.0. The third kappa shape index (κ3) is 6.71. The van der Waals surface area contributed by atoms with E-state index in [1.54, 1.807) is 38.5 Å². The van der Waals surface area contributed by atoms with Crippen molar-refractivity contribution in [1.82, 2.24) is 14.8 Å². The molecule has 1 N–H and O–H groups in total. The van der Waals surface area contributed by atoms with Crippen LogP contribution in [0.2, 0.25) is 0 Å². The molecule has 9 nitrogen and oxygen atoms in total. The van der Waals surface area contributed by atoms with Crippen molar-refractivity contribution in [2.45, 2.75) is 52.5 Å². The summed E-state index contributed by atoms with van der Waals surface area (Å²) in [7, 11) is 3.11. The van der Waals surface area contributed by atoms with Gasteiger partial charge in [0.05, 0.1) is 25.8 Å². The highest BCUT2D eigenvalue weighted by molar-refractivity contribution is 7.13. The Balaban J connectivity index is 1.34. The van der Waals surface area contributed by atoms with Crippen molar-refractivity contribution in [2.24, 2.45) is 10.8 Å². The number of hydrogen-bond donors (Lipinski definition) is 1. The zero-order valence-corrected chi connectivity index (χ0v) is 23.7. The molecule has 0 spiro atoms. The lowest BCUT2D eigenvalue weighted by molar-refractivity contribution is -0.131. The number of amides is 3. The van der Waals surface area contributed by atoms with Gasteiger partial charge in [0.2, 0.25) is 11.8 Å². The van der Waals surface area contributed by atoms with Gasteiger partial charge in [-0.05, 0) is 54.4 Å². The highest BCUT2D eigenvalue weighted by Crippen LogP contribution is 2.52. The van der Waals surface area contributed by atoms with Crippen molar-refractivity contribution in [3.8, 4) is 5.75 Å². The van der Waals surface area contributed by atoms with E-state index < -0.39 is 0 Å². The zero-order chi connectivity index (χ0) is 27.5. The van der Waals surface area contributed by atoms with Crippen molar-refractivity contribution in [3.63, 3.8) is 0 Å². The lowest BCUT2D eigenvalue weighted by atomic mass is 9.65. The Morgan fingerprint density at radius 1 is 1.16 bits per heavy atom. The summed E-state index contributed by atoms with van der Waals surface area (Å²) in [5.74, 6) is 0.0960. The number of rotatable bonds is 10. The maximum atomic E-state index is 13.2. The van der Waals surface area contributed by atoms with Crippen LogP contribution >= 0.6 is 11.3 Å². The van der Waals surface area contributed by atoms with Gasteiger partial charge in [-0.2, -0.15) is 0 Å². The van der Waals surface area contributed by atoms with Gasteiger partial charge in [0, 0.05) is 37.2 Å². The van der Waals surface area contributed by atoms with E-state index in [4.69, 9.17) is 9.47 Å². The van der Waals surface area contributed by atoms with Crippen LogP contribution in [0, 0.1) is 10.8 Å². The molecule has 2 heterocycles. The van der Waals surface area contributed by atoms with Gasteiger partial charge in [-0.3, -0.25) is 14.4 Å². The second kappa shape index (κ2) is 11.4. The number of anilines is 1. The van der Waals surface area contributed by atoms with Crippen molar-refractivity contribution in [3.05, 3.63) is 40.9 Å². The van der Waals surface area contributed by atoms with Crippen molar-refractivity contribution in [1.29, 1.82) is 0 Å². The van der Waals surface area contributed by atoms with E-state index in [0.29, 0.717) is 28.7 Å². The molecule has 0 radical (unpaired) electrons. The summed E-state index contributed by atoms with van der Waals surface area (Å²) in [5, 5.41) is 5.00. The minimum Gasteiger partial charge on any atom is -0.497 e. The van der Waals surface area contributed by atoms with Gasteiger partial charge in [0.15, 0.2) is 5.13 Å². The molecule has 1 aromatic carbocycles. The van der Waals surface area contributed by atoms with Gasteiger partial charge in [-0.25, -0.2) is 4.98 Å². The molecule has 1 saturated carbocycles. The Morgan fingerprint density at radius 3 is 2.58 bits per heavy atom.